The molecule has 0 saturated heterocycles. The molecule has 0 atom stereocenters. The Hall–Kier alpha value is -1.20. The van der Waals surface area contributed by atoms with Crippen LogP contribution < -0.4 is 0 Å². The molecule has 0 amide bonds. The van der Waals surface area contributed by atoms with E-state index in [1.54, 1.807) is 12.7 Å². The summed E-state index contributed by atoms with van der Waals surface area (Å²) in [6, 6.07) is 6.52. The van der Waals surface area contributed by atoms with E-state index >= 15 is 0 Å². The van der Waals surface area contributed by atoms with Crippen LogP contribution in [0.25, 0.3) is 0 Å². The van der Waals surface area contributed by atoms with Gasteiger partial charge < -0.3 is 0 Å². The SMILES string of the molecule is Brc1cccc2c1CCCN(CCn1cncn1)C2. The topological polar surface area (TPSA) is 34.0 Å². The number of aromatic nitrogens is 3. The number of benzene rings is 1. The monoisotopic (exact) mass is 320 g/mol. The first-order valence-electron chi connectivity index (χ1n) is 6.64. The molecule has 3 rings (SSSR count). The van der Waals surface area contributed by atoms with E-state index in [0.717, 1.165) is 32.6 Å². The molecular weight excluding hydrogens is 304 g/mol. The van der Waals surface area contributed by atoms with E-state index in [0.29, 0.717) is 0 Å². The van der Waals surface area contributed by atoms with Crippen LogP contribution in [0.2, 0.25) is 0 Å². The molecule has 5 heteroatoms. The second-order valence-corrected chi connectivity index (χ2v) is 5.77. The fourth-order valence-electron chi connectivity index (χ4n) is 2.61. The second kappa shape index (κ2) is 5.84. The summed E-state index contributed by atoms with van der Waals surface area (Å²) in [7, 11) is 0. The van der Waals surface area contributed by atoms with Crippen LogP contribution in [0, 0.1) is 0 Å². The number of hydrogen-bond acceptors (Lipinski definition) is 3. The van der Waals surface area contributed by atoms with E-state index in [-0.39, 0.29) is 0 Å². The molecular formula is C14H17BrN4. The molecule has 0 saturated carbocycles. The van der Waals surface area contributed by atoms with Gasteiger partial charge in [-0.2, -0.15) is 5.10 Å². The highest BCUT2D eigenvalue weighted by atomic mass is 79.9. The van der Waals surface area contributed by atoms with Crippen molar-refractivity contribution in [2.75, 3.05) is 13.1 Å². The first-order valence-corrected chi connectivity index (χ1v) is 7.43. The van der Waals surface area contributed by atoms with E-state index < -0.39 is 0 Å². The molecule has 0 spiro atoms. The molecule has 1 aliphatic heterocycles. The molecule has 0 aliphatic carbocycles. The van der Waals surface area contributed by atoms with Crippen molar-refractivity contribution >= 4 is 15.9 Å². The van der Waals surface area contributed by atoms with E-state index in [4.69, 9.17) is 0 Å². The zero-order chi connectivity index (χ0) is 13.1. The molecule has 100 valence electrons. The zero-order valence-corrected chi connectivity index (χ0v) is 12.4. The minimum Gasteiger partial charge on any atom is -0.297 e. The molecule has 1 aliphatic rings. The van der Waals surface area contributed by atoms with E-state index in [1.165, 1.54) is 22.0 Å². The lowest BCUT2D eigenvalue weighted by Gasteiger charge is -2.20. The molecule has 0 unspecified atom stereocenters. The van der Waals surface area contributed by atoms with Crippen molar-refractivity contribution < 1.29 is 0 Å². The van der Waals surface area contributed by atoms with Crippen molar-refractivity contribution in [1.82, 2.24) is 19.7 Å². The third kappa shape index (κ3) is 3.04. The van der Waals surface area contributed by atoms with Crippen LogP contribution >= 0.6 is 15.9 Å². The number of hydrogen-bond donors (Lipinski definition) is 0. The van der Waals surface area contributed by atoms with Crippen molar-refractivity contribution in [3.05, 3.63) is 46.5 Å². The maximum Gasteiger partial charge on any atom is 0.137 e. The van der Waals surface area contributed by atoms with Crippen molar-refractivity contribution in [3.8, 4) is 0 Å². The minimum absolute atomic E-state index is 0.906. The summed E-state index contributed by atoms with van der Waals surface area (Å²) < 4.78 is 3.15. The fourth-order valence-corrected chi connectivity index (χ4v) is 3.22. The van der Waals surface area contributed by atoms with Crippen LogP contribution in [0.5, 0.6) is 0 Å². The summed E-state index contributed by atoms with van der Waals surface area (Å²) >= 11 is 3.67. The normalized spacial score (nSPS) is 16.1. The van der Waals surface area contributed by atoms with Gasteiger partial charge in [0.1, 0.15) is 12.7 Å². The van der Waals surface area contributed by atoms with E-state index in [1.807, 2.05) is 4.68 Å². The summed E-state index contributed by atoms with van der Waals surface area (Å²) in [6.45, 7) is 4.11. The first kappa shape index (κ1) is 12.8. The summed E-state index contributed by atoms with van der Waals surface area (Å²) in [5.41, 5.74) is 2.93. The van der Waals surface area contributed by atoms with Gasteiger partial charge in [-0.25, -0.2) is 4.98 Å². The number of fused-ring (bicyclic) bond motifs is 1. The molecule has 0 N–H and O–H groups in total. The quantitative estimate of drug-likeness (QED) is 0.871. The van der Waals surface area contributed by atoms with Crippen molar-refractivity contribution in [2.24, 2.45) is 0 Å². The third-order valence-electron chi connectivity index (χ3n) is 3.62. The Morgan fingerprint density at radius 1 is 1.26 bits per heavy atom. The molecule has 1 aromatic heterocycles. The van der Waals surface area contributed by atoms with Crippen LogP contribution in [0.3, 0.4) is 0 Å². The van der Waals surface area contributed by atoms with Crippen LogP contribution in [0.4, 0.5) is 0 Å². The van der Waals surface area contributed by atoms with Gasteiger partial charge in [0.25, 0.3) is 0 Å². The Bertz CT molecular complexity index is 538. The lowest BCUT2D eigenvalue weighted by atomic mass is 10.0. The Balaban J connectivity index is 1.68. The average molecular weight is 321 g/mol. The van der Waals surface area contributed by atoms with Crippen molar-refractivity contribution in [3.63, 3.8) is 0 Å². The summed E-state index contributed by atoms with van der Waals surface area (Å²) in [5, 5.41) is 4.15. The molecule has 2 heterocycles. The molecule has 4 nitrogen and oxygen atoms in total. The molecule has 0 radical (unpaired) electrons. The van der Waals surface area contributed by atoms with Crippen molar-refractivity contribution in [1.29, 1.82) is 0 Å². The number of nitrogens with zero attached hydrogens (tertiary/aromatic N) is 4. The van der Waals surface area contributed by atoms with Gasteiger partial charge in [-0.05, 0) is 36.6 Å². The lowest BCUT2D eigenvalue weighted by Crippen LogP contribution is -2.27. The van der Waals surface area contributed by atoms with Crippen LogP contribution in [0.15, 0.2) is 35.3 Å². The van der Waals surface area contributed by atoms with Crippen molar-refractivity contribution in [2.45, 2.75) is 25.9 Å². The highest BCUT2D eigenvalue weighted by Gasteiger charge is 2.15. The Kier molecular flexibility index (Phi) is 3.94. The first-order chi connectivity index (χ1) is 9.33. The summed E-state index contributed by atoms with van der Waals surface area (Å²) in [6.07, 6.45) is 5.75. The lowest BCUT2D eigenvalue weighted by molar-refractivity contribution is 0.254. The van der Waals surface area contributed by atoms with Crippen LogP contribution in [0.1, 0.15) is 17.5 Å². The molecule has 19 heavy (non-hydrogen) atoms. The smallest absolute Gasteiger partial charge is 0.137 e. The maximum absolute atomic E-state index is 4.15. The number of rotatable bonds is 3. The summed E-state index contributed by atoms with van der Waals surface area (Å²) in [5.74, 6) is 0. The summed E-state index contributed by atoms with van der Waals surface area (Å²) in [4.78, 5) is 6.48. The predicted octanol–water partition coefficient (Wildman–Crippen LogP) is 2.49. The molecule has 0 bridgehead atoms. The molecule has 0 fully saturated rings. The van der Waals surface area contributed by atoms with Crippen LogP contribution in [-0.4, -0.2) is 32.8 Å². The Morgan fingerprint density at radius 2 is 2.21 bits per heavy atom. The van der Waals surface area contributed by atoms with Gasteiger partial charge in [0.05, 0.1) is 6.54 Å². The highest BCUT2D eigenvalue weighted by molar-refractivity contribution is 9.10. The highest BCUT2D eigenvalue weighted by Crippen LogP contribution is 2.25. The van der Waals surface area contributed by atoms with Gasteiger partial charge in [0.15, 0.2) is 0 Å². The zero-order valence-electron chi connectivity index (χ0n) is 10.8. The largest absolute Gasteiger partial charge is 0.297 e. The van der Waals surface area contributed by atoms with Gasteiger partial charge in [-0.15, -0.1) is 0 Å². The maximum atomic E-state index is 4.15. The average Bonchev–Trinajstić information content (AvgIpc) is 2.83. The van der Waals surface area contributed by atoms with Gasteiger partial charge in [0.2, 0.25) is 0 Å². The third-order valence-corrected chi connectivity index (χ3v) is 4.37. The standard InChI is InChI=1S/C14H17BrN4/c15-14-5-1-3-12-9-18(6-2-4-13(12)14)7-8-19-11-16-10-17-19/h1,3,5,10-11H,2,4,6-9H2. The van der Waals surface area contributed by atoms with Gasteiger partial charge in [-0.1, -0.05) is 28.1 Å². The Morgan fingerprint density at radius 3 is 3.05 bits per heavy atom. The molecule has 2 aromatic rings. The minimum atomic E-state index is 0.906. The van der Waals surface area contributed by atoms with E-state index in [9.17, 15) is 0 Å². The second-order valence-electron chi connectivity index (χ2n) is 4.92. The predicted molar refractivity (Wildman–Crippen MR) is 77.8 cm³/mol. The van der Waals surface area contributed by atoms with Gasteiger partial charge in [0, 0.05) is 17.6 Å². The van der Waals surface area contributed by atoms with E-state index in [2.05, 4.69) is 49.1 Å². The van der Waals surface area contributed by atoms with Gasteiger partial charge in [-0.3, -0.25) is 9.58 Å². The number of halogens is 1. The van der Waals surface area contributed by atoms with Crippen LogP contribution in [-0.2, 0) is 19.5 Å². The Labute approximate surface area is 121 Å². The molecule has 1 aromatic carbocycles. The van der Waals surface area contributed by atoms with Gasteiger partial charge >= 0.3 is 0 Å². The fraction of sp³-hybridized carbons (Fsp3) is 0.429.